The molecule has 0 amide bonds. The van der Waals surface area contributed by atoms with Gasteiger partial charge < -0.3 is 4.74 Å². The Morgan fingerprint density at radius 1 is 1.20 bits per heavy atom. The molecule has 0 aromatic heterocycles. The molecule has 0 atom stereocenters. The van der Waals surface area contributed by atoms with E-state index in [1.165, 1.54) is 0 Å². The molecule has 1 aliphatic rings. The van der Waals surface area contributed by atoms with Gasteiger partial charge in [0.15, 0.2) is 0 Å². The number of aliphatic imine (C=N–C) groups is 1. The predicted octanol–water partition coefficient (Wildman–Crippen LogP) is 1.75. The fourth-order valence-electron chi connectivity index (χ4n) is 1.31. The fraction of sp³-hybridized carbons (Fsp3) is 0.364. The highest BCUT2D eigenvalue weighted by Crippen LogP contribution is 2.20. The summed E-state index contributed by atoms with van der Waals surface area (Å²) in [6, 6.07) is 10.0. The summed E-state index contributed by atoms with van der Waals surface area (Å²) in [7, 11) is 0. The number of hydrogen-bond donors (Lipinski definition) is 0. The standard InChI is InChI=1S/C11H13NO.ClH.Mg.2H/c1-11(2)8-13-10(12-11)9-6-4-3-5-7-9;;;;/h3-7H,8H2,1-2H3;1H;;;. The molecule has 0 fully saturated rings. The third kappa shape index (κ3) is 3.67. The van der Waals surface area contributed by atoms with Crippen LogP contribution < -0.4 is 0 Å². The second-order valence-corrected chi connectivity index (χ2v) is 3.88. The van der Waals surface area contributed by atoms with Crippen molar-refractivity contribution in [3.63, 3.8) is 0 Å². The first-order valence-electron chi connectivity index (χ1n) is 4.45. The molecule has 1 aromatic carbocycles. The van der Waals surface area contributed by atoms with Gasteiger partial charge in [-0.3, -0.25) is 0 Å². The molecule has 0 bridgehead atoms. The summed E-state index contributed by atoms with van der Waals surface area (Å²) in [6.07, 6.45) is 0. The minimum absolute atomic E-state index is 0. The van der Waals surface area contributed by atoms with E-state index < -0.39 is 0 Å². The Bertz CT molecular complexity index is 338. The van der Waals surface area contributed by atoms with E-state index in [9.17, 15) is 0 Å². The van der Waals surface area contributed by atoms with Gasteiger partial charge in [0.05, 0.1) is 5.54 Å². The third-order valence-corrected chi connectivity index (χ3v) is 1.99. The van der Waals surface area contributed by atoms with E-state index in [0.717, 1.165) is 11.5 Å². The molecule has 0 aliphatic carbocycles. The van der Waals surface area contributed by atoms with Gasteiger partial charge in [-0.05, 0) is 26.0 Å². The van der Waals surface area contributed by atoms with E-state index in [1.807, 2.05) is 30.3 Å². The zero-order valence-corrected chi connectivity index (χ0v) is 9.17. The van der Waals surface area contributed by atoms with Gasteiger partial charge in [-0.25, -0.2) is 4.99 Å². The van der Waals surface area contributed by atoms with Crippen molar-refractivity contribution in [3.05, 3.63) is 35.9 Å². The summed E-state index contributed by atoms with van der Waals surface area (Å²) < 4.78 is 5.50. The van der Waals surface area contributed by atoms with Crippen LogP contribution in [0.2, 0.25) is 0 Å². The van der Waals surface area contributed by atoms with Crippen molar-refractivity contribution in [1.29, 1.82) is 0 Å². The van der Waals surface area contributed by atoms with Crippen molar-refractivity contribution < 1.29 is 4.74 Å². The maximum Gasteiger partial charge on any atom is 0.316 e. The van der Waals surface area contributed by atoms with Crippen molar-refractivity contribution in [2.75, 3.05) is 6.61 Å². The highest BCUT2D eigenvalue weighted by atomic mass is 35.5. The normalized spacial score (nSPS) is 16.8. The first-order valence-corrected chi connectivity index (χ1v) is 4.45. The van der Waals surface area contributed by atoms with E-state index in [0.29, 0.717) is 6.61 Å². The van der Waals surface area contributed by atoms with Crippen molar-refractivity contribution >= 4 is 41.4 Å². The van der Waals surface area contributed by atoms with Crippen LogP contribution in [-0.4, -0.2) is 41.1 Å². The zero-order chi connectivity index (χ0) is 9.31. The first-order chi connectivity index (χ1) is 6.17. The van der Waals surface area contributed by atoms with Crippen LogP contribution in [0.15, 0.2) is 35.3 Å². The Morgan fingerprint density at radius 3 is 2.27 bits per heavy atom. The summed E-state index contributed by atoms with van der Waals surface area (Å²) in [5, 5.41) is 0. The van der Waals surface area contributed by atoms with Crippen LogP contribution >= 0.6 is 12.4 Å². The molecule has 15 heavy (non-hydrogen) atoms. The molecule has 4 heteroatoms. The summed E-state index contributed by atoms with van der Waals surface area (Å²) >= 11 is 0. The van der Waals surface area contributed by atoms with Crippen LogP contribution in [0.1, 0.15) is 19.4 Å². The molecule has 0 spiro atoms. The molecular formula is C11H16ClMgNO. The molecule has 1 heterocycles. The van der Waals surface area contributed by atoms with Crippen LogP contribution in [-0.2, 0) is 4.74 Å². The molecule has 0 unspecified atom stereocenters. The topological polar surface area (TPSA) is 21.6 Å². The largest absolute Gasteiger partial charge is 0.475 e. The number of hydrogen-bond acceptors (Lipinski definition) is 2. The molecule has 1 aliphatic heterocycles. The van der Waals surface area contributed by atoms with Gasteiger partial charge in [0.25, 0.3) is 0 Å². The molecule has 2 nitrogen and oxygen atoms in total. The number of nitrogens with zero attached hydrogens (tertiary/aromatic N) is 1. The SMILES string of the molecule is CC1(C)COC(c2ccccc2)=N1.Cl.[MgH2]. The average Bonchev–Trinajstić information content (AvgIpc) is 2.48. The summed E-state index contributed by atoms with van der Waals surface area (Å²) in [6.45, 7) is 4.82. The van der Waals surface area contributed by atoms with Crippen molar-refractivity contribution in [3.8, 4) is 0 Å². The molecular weight excluding hydrogens is 222 g/mol. The Labute approximate surface area is 113 Å². The Kier molecular flexibility index (Phi) is 5.63. The lowest BCUT2D eigenvalue weighted by Crippen LogP contribution is -2.17. The number of rotatable bonds is 1. The molecule has 1 aromatic rings. The smallest absolute Gasteiger partial charge is 0.316 e. The highest BCUT2D eigenvalue weighted by Gasteiger charge is 2.26. The third-order valence-electron chi connectivity index (χ3n) is 1.99. The summed E-state index contributed by atoms with van der Waals surface area (Å²) in [5.74, 6) is 0.769. The van der Waals surface area contributed by atoms with Crippen molar-refractivity contribution in [2.45, 2.75) is 19.4 Å². The van der Waals surface area contributed by atoms with Crippen LogP contribution in [0.5, 0.6) is 0 Å². The zero-order valence-electron chi connectivity index (χ0n) is 8.36. The summed E-state index contributed by atoms with van der Waals surface area (Å²) in [5.41, 5.74) is 0.999. The van der Waals surface area contributed by atoms with E-state index in [4.69, 9.17) is 4.74 Å². The number of ether oxygens (including phenoxy) is 1. The maximum atomic E-state index is 5.50. The monoisotopic (exact) mass is 237 g/mol. The van der Waals surface area contributed by atoms with Gasteiger partial charge in [-0.2, -0.15) is 0 Å². The first kappa shape index (κ1) is 14.7. The maximum absolute atomic E-state index is 5.50. The van der Waals surface area contributed by atoms with Crippen LogP contribution in [0.3, 0.4) is 0 Å². The lowest BCUT2D eigenvalue weighted by Gasteiger charge is -2.07. The molecule has 2 rings (SSSR count). The average molecular weight is 238 g/mol. The van der Waals surface area contributed by atoms with Gasteiger partial charge >= 0.3 is 23.1 Å². The molecule has 80 valence electrons. The van der Waals surface area contributed by atoms with Gasteiger partial charge in [0, 0.05) is 5.56 Å². The quantitative estimate of drug-likeness (QED) is 0.683. The predicted molar refractivity (Wildman–Crippen MR) is 68.8 cm³/mol. The van der Waals surface area contributed by atoms with Crippen molar-refractivity contribution in [1.82, 2.24) is 0 Å². The van der Waals surface area contributed by atoms with E-state index in [1.54, 1.807) is 0 Å². The highest BCUT2D eigenvalue weighted by molar-refractivity contribution is 5.95. The molecule has 0 saturated carbocycles. The fourth-order valence-corrected chi connectivity index (χ4v) is 1.31. The van der Waals surface area contributed by atoms with Crippen LogP contribution in [0.4, 0.5) is 0 Å². The van der Waals surface area contributed by atoms with E-state index in [2.05, 4.69) is 18.8 Å². The number of benzene rings is 1. The Morgan fingerprint density at radius 2 is 1.80 bits per heavy atom. The van der Waals surface area contributed by atoms with Crippen LogP contribution in [0, 0.1) is 0 Å². The van der Waals surface area contributed by atoms with Crippen molar-refractivity contribution in [2.24, 2.45) is 4.99 Å². The molecule has 0 saturated heterocycles. The van der Waals surface area contributed by atoms with Gasteiger partial charge in [-0.15, -0.1) is 12.4 Å². The second kappa shape index (κ2) is 5.73. The van der Waals surface area contributed by atoms with E-state index in [-0.39, 0.29) is 41.0 Å². The number of halogens is 1. The van der Waals surface area contributed by atoms with Gasteiger partial charge in [0.2, 0.25) is 5.90 Å². The Balaban J connectivity index is 0.000000980. The van der Waals surface area contributed by atoms with E-state index >= 15 is 0 Å². The Hall–Kier alpha value is -0.254. The minimum atomic E-state index is -0.0643. The molecule has 0 N–H and O–H groups in total. The van der Waals surface area contributed by atoms with Gasteiger partial charge in [0.1, 0.15) is 6.61 Å². The van der Waals surface area contributed by atoms with Crippen LogP contribution in [0.25, 0.3) is 0 Å². The minimum Gasteiger partial charge on any atom is -0.475 e. The second-order valence-electron chi connectivity index (χ2n) is 3.88. The van der Waals surface area contributed by atoms with Gasteiger partial charge in [-0.1, -0.05) is 18.2 Å². The lowest BCUT2D eigenvalue weighted by molar-refractivity contribution is 0.279. The molecule has 0 radical (unpaired) electrons. The summed E-state index contributed by atoms with van der Waals surface area (Å²) in [4.78, 5) is 4.49. The lowest BCUT2D eigenvalue weighted by atomic mass is 10.1.